The van der Waals surface area contributed by atoms with Crippen LogP contribution in [0.3, 0.4) is 0 Å². The third-order valence-corrected chi connectivity index (χ3v) is 7.82. The lowest BCUT2D eigenvalue weighted by Crippen LogP contribution is -2.31. The number of furan rings is 1. The van der Waals surface area contributed by atoms with Crippen molar-refractivity contribution < 1.29 is 36.8 Å². The van der Waals surface area contributed by atoms with Crippen LogP contribution in [0.2, 0.25) is 0 Å². The summed E-state index contributed by atoms with van der Waals surface area (Å²) in [5.74, 6) is -0.959. The molecule has 40 heavy (non-hydrogen) atoms. The van der Waals surface area contributed by atoms with Crippen molar-refractivity contribution in [3.63, 3.8) is 0 Å². The van der Waals surface area contributed by atoms with Crippen LogP contribution in [0, 0.1) is 11.6 Å². The van der Waals surface area contributed by atoms with Gasteiger partial charge in [-0.2, -0.15) is 0 Å². The van der Waals surface area contributed by atoms with Gasteiger partial charge >= 0.3 is 7.12 Å². The largest absolute Gasteiger partial charge is 0.760 e. The zero-order valence-electron chi connectivity index (χ0n) is 21.5. The number of hydrogen-bond acceptors (Lipinski definition) is 6. The summed E-state index contributed by atoms with van der Waals surface area (Å²) in [5, 5.41) is 21.7. The molecule has 0 radical (unpaired) electrons. The van der Waals surface area contributed by atoms with E-state index in [0.717, 1.165) is 24.5 Å². The van der Waals surface area contributed by atoms with E-state index in [1.807, 2.05) is 6.07 Å². The van der Waals surface area contributed by atoms with Crippen molar-refractivity contribution in [3.05, 3.63) is 88.5 Å². The van der Waals surface area contributed by atoms with Crippen LogP contribution in [0.25, 0.3) is 22.3 Å². The molecule has 8 nitrogen and oxygen atoms in total. The maximum atomic E-state index is 14.5. The summed E-state index contributed by atoms with van der Waals surface area (Å²) in [5.41, 5.74) is 3.08. The first-order valence-corrected chi connectivity index (χ1v) is 13.8. The second-order valence-electron chi connectivity index (χ2n) is 9.77. The minimum atomic E-state index is -2.62. The fourth-order valence-corrected chi connectivity index (χ4v) is 5.32. The third kappa shape index (κ3) is 5.86. The van der Waals surface area contributed by atoms with E-state index in [0.29, 0.717) is 27.7 Å². The molecule has 3 aromatic carbocycles. The summed E-state index contributed by atoms with van der Waals surface area (Å²) >= 11 is -2.62. The fraction of sp³-hybridized carbons (Fsp3) is 0.250. The second-order valence-corrected chi connectivity index (χ2v) is 10.7. The smallest absolute Gasteiger partial charge is 0.488 e. The molecule has 0 bridgehead atoms. The van der Waals surface area contributed by atoms with Crippen molar-refractivity contribution in [2.24, 2.45) is 0 Å². The number of carbonyl (C=O) groups excluding carboxylic acids is 1. The summed E-state index contributed by atoms with van der Waals surface area (Å²) in [6.07, 6.45) is 1.91. The Morgan fingerprint density at radius 3 is 2.45 bits per heavy atom. The molecule has 0 saturated heterocycles. The van der Waals surface area contributed by atoms with Crippen molar-refractivity contribution >= 4 is 40.7 Å². The molecule has 1 amide bonds. The number of benzene rings is 3. The molecule has 1 unspecified atom stereocenters. The van der Waals surface area contributed by atoms with Crippen LogP contribution >= 0.6 is 0 Å². The molecule has 12 heteroatoms. The Morgan fingerprint density at radius 2 is 1.85 bits per heavy atom. The van der Waals surface area contributed by atoms with Gasteiger partial charge in [0.1, 0.15) is 23.0 Å². The number of amides is 1. The molecular formula is C28H26BF2N2O6S-. The van der Waals surface area contributed by atoms with Crippen LogP contribution in [-0.2, 0) is 24.2 Å². The number of fused-ring (bicyclic) bond motifs is 1. The number of rotatable bonds is 10. The topological polar surface area (TPSA) is 126 Å². The summed E-state index contributed by atoms with van der Waals surface area (Å²) < 4.78 is 59.7. The van der Waals surface area contributed by atoms with Crippen molar-refractivity contribution in [2.75, 3.05) is 13.6 Å². The van der Waals surface area contributed by atoms with E-state index in [2.05, 4.69) is 5.32 Å². The van der Waals surface area contributed by atoms with Gasteiger partial charge in [-0.1, -0.05) is 12.1 Å². The van der Waals surface area contributed by atoms with Crippen molar-refractivity contribution in [1.29, 1.82) is 0 Å². The molecule has 1 saturated carbocycles. The Labute approximate surface area is 232 Å². The lowest BCUT2D eigenvalue weighted by molar-refractivity contribution is 0.0964. The molecule has 0 spiro atoms. The van der Waals surface area contributed by atoms with Gasteiger partial charge in [-0.3, -0.25) is 9.00 Å². The van der Waals surface area contributed by atoms with Gasteiger partial charge in [0.2, 0.25) is 0 Å². The molecule has 1 atom stereocenters. The van der Waals surface area contributed by atoms with Crippen LogP contribution in [0.1, 0.15) is 45.8 Å². The van der Waals surface area contributed by atoms with Gasteiger partial charge < -0.3 is 24.3 Å². The van der Waals surface area contributed by atoms with Gasteiger partial charge in [-0.25, -0.2) is 13.1 Å². The number of hydrogen-bond donors (Lipinski definition) is 3. The predicted octanol–water partition coefficient (Wildman–Crippen LogP) is 3.13. The number of nitrogens with zero attached hydrogens (tertiary/aromatic N) is 1. The Bertz CT molecular complexity index is 1590. The first-order valence-electron chi connectivity index (χ1n) is 12.7. The van der Waals surface area contributed by atoms with E-state index in [-0.39, 0.29) is 48.1 Å². The molecule has 4 aromatic rings. The van der Waals surface area contributed by atoms with Crippen LogP contribution in [0.15, 0.2) is 59.0 Å². The molecule has 1 aromatic heterocycles. The molecular weight excluding hydrogens is 541 g/mol. The highest BCUT2D eigenvalue weighted by Gasteiger charge is 2.30. The van der Waals surface area contributed by atoms with E-state index in [4.69, 9.17) is 4.42 Å². The van der Waals surface area contributed by atoms with Crippen molar-refractivity contribution in [2.45, 2.75) is 31.7 Å². The Balaban J connectivity index is 1.49. The molecule has 208 valence electrons. The van der Waals surface area contributed by atoms with Gasteiger partial charge in [-0.05, 0) is 89.8 Å². The monoisotopic (exact) mass is 567 g/mol. The van der Waals surface area contributed by atoms with E-state index >= 15 is 0 Å². The standard InChI is InChI=1S/C28H27BF2N2O6S/c1-32-28(34)26-23-14-22(16-2-3-16)19(12-25(23)39-27(26)18-5-8-21(30)9-6-18)15-33(40(37)38)11-10-17-4-7-20(29(35)36)13-24(17)31/h4-9,12-14,16,35-36H,2-3,10-11,15H2,1H3,(H,32,34)(H,37,38)/p-1. The van der Waals surface area contributed by atoms with E-state index in [1.54, 1.807) is 6.07 Å². The van der Waals surface area contributed by atoms with Gasteiger partial charge in [0.05, 0.1) is 5.56 Å². The number of nitrogens with one attached hydrogen (secondary N) is 1. The first-order chi connectivity index (χ1) is 19.2. The SMILES string of the molecule is CNC(=O)c1c(-c2ccc(F)cc2)oc2cc(CN(CCc3ccc(B(O)O)cc3F)S(=O)[O-])c(C3CC3)cc12. The van der Waals surface area contributed by atoms with Crippen LogP contribution in [-0.4, -0.2) is 49.7 Å². The first kappa shape index (κ1) is 28.1. The zero-order chi connectivity index (χ0) is 28.6. The zero-order valence-corrected chi connectivity index (χ0v) is 22.3. The van der Waals surface area contributed by atoms with Crippen LogP contribution < -0.4 is 10.8 Å². The molecule has 1 heterocycles. The lowest BCUT2D eigenvalue weighted by Gasteiger charge is -2.25. The second kappa shape index (κ2) is 11.6. The van der Waals surface area contributed by atoms with E-state index in [9.17, 15) is 32.4 Å². The highest BCUT2D eigenvalue weighted by molar-refractivity contribution is 7.76. The molecule has 1 fully saturated rings. The average molecular weight is 567 g/mol. The van der Waals surface area contributed by atoms with Gasteiger partial charge in [0, 0.05) is 42.4 Å². The van der Waals surface area contributed by atoms with Crippen molar-refractivity contribution in [3.8, 4) is 11.3 Å². The minimum absolute atomic E-state index is 0.00228. The predicted molar refractivity (Wildman–Crippen MR) is 146 cm³/mol. The maximum absolute atomic E-state index is 14.5. The Kier molecular flexibility index (Phi) is 8.15. The summed E-state index contributed by atoms with van der Waals surface area (Å²) in [6.45, 7) is -0.00644. The molecule has 1 aliphatic rings. The van der Waals surface area contributed by atoms with Crippen LogP contribution in [0.4, 0.5) is 8.78 Å². The highest BCUT2D eigenvalue weighted by Crippen LogP contribution is 2.45. The molecule has 0 aliphatic heterocycles. The third-order valence-electron chi connectivity index (χ3n) is 7.09. The maximum Gasteiger partial charge on any atom is 0.488 e. The minimum Gasteiger partial charge on any atom is -0.760 e. The lowest BCUT2D eigenvalue weighted by atomic mass is 9.80. The number of carbonyl (C=O) groups is 1. The fourth-order valence-electron chi connectivity index (χ4n) is 4.84. The Hall–Kier alpha value is -3.42. The van der Waals surface area contributed by atoms with E-state index in [1.165, 1.54) is 47.8 Å². The average Bonchev–Trinajstić information content (AvgIpc) is 3.71. The summed E-state index contributed by atoms with van der Waals surface area (Å²) in [6, 6.07) is 13.0. The Morgan fingerprint density at radius 1 is 1.12 bits per heavy atom. The quantitative estimate of drug-likeness (QED) is 0.200. The van der Waals surface area contributed by atoms with Gasteiger partial charge in [-0.15, -0.1) is 0 Å². The highest BCUT2D eigenvalue weighted by atomic mass is 32.2. The van der Waals surface area contributed by atoms with Crippen molar-refractivity contribution in [1.82, 2.24) is 9.62 Å². The summed E-state index contributed by atoms with van der Waals surface area (Å²) in [4.78, 5) is 12.9. The summed E-state index contributed by atoms with van der Waals surface area (Å²) in [7, 11) is -0.297. The molecule has 1 aliphatic carbocycles. The number of halogens is 2. The van der Waals surface area contributed by atoms with E-state index < -0.39 is 30.0 Å². The molecule has 3 N–H and O–H groups in total. The normalized spacial score (nSPS) is 14.1. The molecule has 5 rings (SSSR count). The van der Waals surface area contributed by atoms with Crippen LogP contribution in [0.5, 0.6) is 0 Å². The van der Waals surface area contributed by atoms with Gasteiger partial charge in [0.15, 0.2) is 0 Å². The van der Waals surface area contributed by atoms with Gasteiger partial charge in [0.25, 0.3) is 5.91 Å².